The van der Waals surface area contributed by atoms with Crippen LogP contribution in [0.5, 0.6) is 0 Å². The summed E-state index contributed by atoms with van der Waals surface area (Å²) in [5, 5.41) is 168. The number of carbonyl (C=O) groups is 2. The van der Waals surface area contributed by atoms with E-state index in [9.17, 15) is 86.2 Å². The molecule has 0 aromatic carbocycles. The molecule has 0 aliphatic carbocycles. The normalized spacial score (nSPS) is 41.2. The summed E-state index contributed by atoms with van der Waals surface area (Å²) in [4.78, 5) is 24.8. The third kappa shape index (κ3) is 18.8. The molecule has 5 rings (SSSR count). The Kier molecular flexibility index (Phi) is 29.3. The van der Waals surface area contributed by atoms with Crippen molar-refractivity contribution in [2.24, 2.45) is 0 Å². The summed E-state index contributed by atoms with van der Waals surface area (Å²) in [5.41, 5.74) is 0. The highest BCUT2D eigenvalue weighted by Gasteiger charge is 2.57. The van der Waals surface area contributed by atoms with Crippen LogP contribution in [0.2, 0.25) is 0 Å². The molecule has 5 heterocycles. The number of aliphatic hydroxyl groups is 15. The van der Waals surface area contributed by atoms with Crippen LogP contribution < -0.4 is 10.6 Å². The molecule has 29 nitrogen and oxygen atoms in total. The number of amides is 2. The van der Waals surface area contributed by atoms with Gasteiger partial charge in [0.05, 0.1) is 51.3 Å². The molecular weight excluding hydrogens is 1080 g/mol. The average molecular weight is 1180 g/mol. The summed E-state index contributed by atoms with van der Waals surface area (Å²) in [7, 11) is 0. The van der Waals surface area contributed by atoms with Crippen molar-refractivity contribution in [2.75, 3.05) is 33.0 Å². The van der Waals surface area contributed by atoms with Gasteiger partial charge in [-0.05, 0) is 19.8 Å². The van der Waals surface area contributed by atoms with Gasteiger partial charge in [0.1, 0.15) is 116 Å². The summed E-state index contributed by atoms with van der Waals surface area (Å²) in [6.45, 7) is 1.58. The number of ether oxygens (including phenoxy) is 10. The molecule has 0 aromatic heterocycles. The first-order valence-corrected chi connectivity index (χ1v) is 28.3. The highest BCUT2D eigenvalue weighted by molar-refractivity contribution is 5.73. The molecule has 27 atom stereocenters. The molecule has 81 heavy (non-hydrogen) atoms. The molecule has 5 saturated heterocycles. The zero-order chi connectivity index (χ0) is 59.7. The highest BCUT2D eigenvalue weighted by Crippen LogP contribution is 2.36. The summed E-state index contributed by atoms with van der Waals surface area (Å²) in [5.74, 6) is -1.32. The van der Waals surface area contributed by atoms with Crippen molar-refractivity contribution in [2.45, 2.75) is 270 Å². The molecule has 0 unspecified atom stereocenters. The van der Waals surface area contributed by atoms with Gasteiger partial charge in [-0.25, -0.2) is 0 Å². The van der Waals surface area contributed by atoms with Crippen molar-refractivity contribution < 1.29 is 134 Å². The standard InChI is InChI=1S/C52H92N2O27/c1-5-6-7-8-9-10-11-12-13-14-15-16-17-18-28(61)27(53-25(3)59)23-72-49-42(70)40(68)45(32(22-58)77-49)78-51-43(71)46(36(64)30(20-56)74-51)80-48-33(54-26(4)60)37(65)44(31(21-57)76-48)79-52-47(39(67)35(63)29(19-55)75-52)81-50-41(69)38(66)34(62)24(2)73-50/h17-18,24,27-52,55-58,61-71H,5-16,19-23H2,1-4H3,(H,53,59)(H,54,60)/b18-17+/t24-,27-,28+,29+,30+,31+,32+,33+,34+,35-,36-,37+,38+,39-,40+,41-,42+,43+,44+,45+,46-,47+,48-,49+,50-,51-,52-/m0/s1. The number of unbranched alkanes of at least 4 members (excludes halogenated alkanes) is 11. The molecule has 0 bridgehead atoms. The number of rotatable bonds is 31. The predicted molar refractivity (Wildman–Crippen MR) is 274 cm³/mol. The maximum absolute atomic E-state index is 12.7. The van der Waals surface area contributed by atoms with E-state index in [1.165, 1.54) is 64.9 Å². The van der Waals surface area contributed by atoms with Crippen LogP contribution in [-0.4, -0.2) is 287 Å². The van der Waals surface area contributed by atoms with Crippen molar-refractivity contribution in [1.29, 1.82) is 0 Å². The van der Waals surface area contributed by atoms with Crippen molar-refractivity contribution >= 4 is 11.8 Å². The smallest absolute Gasteiger partial charge is 0.217 e. The fourth-order valence-electron chi connectivity index (χ4n) is 10.5. The van der Waals surface area contributed by atoms with E-state index >= 15 is 0 Å². The van der Waals surface area contributed by atoms with E-state index in [1.54, 1.807) is 6.08 Å². The molecule has 472 valence electrons. The van der Waals surface area contributed by atoms with Crippen LogP contribution in [0, 0.1) is 0 Å². The van der Waals surface area contributed by atoms with Crippen LogP contribution in [0.25, 0.3) is 0 Å². The monoisotopic (exact) mass is 1180 g/mol. The number of nitrogens with one attached hydrogen (secondary N) is 2. The maximum Gasteiger partial charge on any atom is 0.217 e. The number of aliphatic hydroxyl groups excluding tert-OH is 15. The van der Waals surface area contributed by atoms with Crippen LogP contribution in [0.1, 0.15) is 105 Å². The van der Waals surface area contributed by atoms with Gasteiger partial charge in [-0.3, -0.25) is 9.59 Å². The third-order valence-electron chi connectivity index (χ3n) is 15.2. The first-order valence-electron chi connectivity index (χ1n) is 28.3. The van der Waals surface area contributed by atoms with Crippen LogP contribution >= 0.6 is 0 Å². The zero-order valence-electron chi connectivity index (χ0n) is 46.4. The molecule has 2 amide bonds. The Morgan fingerprint density at radius 3 is 1.53 bits per heavy atom. The highest BCUT2D eigenvalue weighted by atomic mass is 16.8. The first kappa shape index (κ1) is 69.5. The molecule has 0 spiro atoms. The number of hydrogen-bond donors (Lipinski definition) is 17. The van der Waals surface area contributed by atoms with Crippen molar-refractivity contribution in [3.05, 3.63) is 12.2 Å². The number of carbonyl (C=O) groups excluding carboxylic acids is 2. The lowest BCUT2D eigenvalue weighted by molar-refractivity contribution is -0.391. The van der Waals surface area contributed by atoms with Gasteiger partial charge in [0.2, 0.25) is 11.8 Å². The minimum Gasteiger partial charge on any atom is -0.394 e. The second-order valence-corrected chi connectivity index (χ2v) is 21.5. The topological polar surface area (TPSA) is 454 Å². The van der Waals surface area contributed by atoms with Gasteiger partial charge in [-0.15, -0.1) is 0 Å². The van der Waals surface area contributed by atoms with Crippen molar-refractivity contribution in [1.82, 2.24) is 10.6 Å². The molecule has 5 aliphatic heterocycles. The van der Waals surface area contributed by atoms with E-state index in [2.05, 4.69) is 17.6 Å². The summed E-state index contributed by atoms with van der Waals surface area (Å²) in [6, 6.07) is -2.80. The molecule has 29 heteroatoms. The Labute approximate surface area is 470 Å². The molecule has 0 radical (unpaired) electrons. The minimum atomic E-state index is -2.14. The average Bonchev–Trinajstić information content (AvgIpc) is 3.46. The van der Waals surface area contributed by atoms with Gasteiger partial charge in [-0.1, -0.05) is 83.3 Å². The van der Waals surface area contributed by atoms with Gasteiger partial charge in [-0.2, -0.15) is 0 Å². The summed E-state index contributed by atoms with van der Waals surface area (Å²) < 4.78 is 58.1. The van der Waals surface area contributed by atoms with Gasteiger partial charge < -0.3 is 135 Å². The van der Waals surface area contributed by atoms with Gasteiger partial charge in [0, 0.05) is 13.8 Å². The van der Waals surface area contributed by atoms with Crippen LogP contribution in [-0.2, 0) is 57.0 Å². The van der Waals surface area contributed by atoms with E-state index in [1.807, 2.05) is 0 Å². The molecule has 0 aromatic rings. The lowest BCUT2D eigenvalue weighted by atomic mass is 9.94. The number of allylic oxidation sites excluding steroid dienone is 1. The third-order valence-corrected chi connectivity index (χ3v) is 15.2. The first-order chi connectivity index (χ1) is 38.6. The molecule has 5 fully saturated rings. The van der Waals surface area contributed by atoms with Crippen molar-refractivity contribution in [3.63, 3.8) is 0 Å². The fourth-order valence-corrected chi connectivity index (χ4v) is 10.5. The summed E-state index contributed by atoms with van der Waals surface area (Å²) in [6.07, 6.45) is -27.8. The van der Waals surface area contributed by atoms with Crippen LogP contribution in [0.4, 0.5) is 0 Å². The quantitative estimate of drug-likeness (QED) is 0.0227. The molecular formula is C52H92N2O27. The largest absolute Gasteiger partial charge is 0.394 e. The predicted octanol–water partition coefficient (Wildman–Crippen LogP) is -5.61. The maximum atomic E-state index is 12.7. The number of hydrogen-bond acceptors (Lipinski definition) is 27. The second kappa shape index (κ2) is 34.1. The van der Waals surface area contributed by atoms with Gasteiger partial charge >= 0.3 is 0 Å². The Morgan fingerprint density at radius 1 is 0.481 bits per heavy atom. The van der Waals surface area contributed by atoms with E-state index in [4.69, 9.17) is 47.4 Å². The van der Waals surface area contributed by atoms with E-state index in [0.717, 1.165) is 32.6 Å². The van der Waals surface area contributed by atoms with Crippen molar-refractivity contribution in [3.8, 4) is 0 Å². The lowest BCUT2D eigenvalue weighted by Crippen LogP contribution is -2.70. The van der Waals surface area contributed by atoms with Crippen LogP contribution in [0.3, 0.4) is 0 Å². The van der Waals surface area contributed by atoms with Gasteiger partial charge in [0.25, 0.3) is 0 Å². The SMILES string of the molecule is CCCCCCCCCCCCC/C=C/[C@@H](O)[C@H](CO[C@@H]1O[C@H](CO)[C@@H](O[C@@H]2O[C@H](CO)[C@H](O)[C@H](O[C@@H]3O[C@H](CO)[C@@H](O[C@@H]4O[C@H](CO)[C@H](O)[C@H](O)[C@H]4O[C@@H]4O[C@@H](C)[C@@H](O)[C@@H](O)[C@@H]4O)[C@H](O)[C@H]3NC(C)=O)[C@H]2O)[C@H](O)[C@H]1O)NC(C)=O. The summed E-state index contributed by atoms with van der Waals surface area (Å²) >= 11 is 0. The molecule has 17 N–H and O–H groups in total. The van der Waals surface area contributed by atoms with E-state index in [0.29, 0.717) is 6.42 Å². The fraction of sp³-hybridized carbons (Fsp3) is 0.923. The second-order valence-electron chi connectivity index (χ2n) is 21.5. The van der Waals surface area contributed by atoms with E-state index < -0.39 is 210 Å². The van der Waals surface area contributed by atoms with Crippen LogP contribution in [0.15, 0.2) is 12.2 Å². The van der Waals surface area contributed by atoms with E-state index in [-0.39, 0.29) is 0 Å². The van der Waals surface area contributed by atoms with Gasteiger partial charge in [0.15, 0.2) is 31.5 Å². The Morgan fingerprint density at radius 2 is 0.951 bits per heavy atom. The Balaban J connectivity index is 1.23. The Hall–Kier alpha value is -2.32. The zero-order valence-corrected chi connectivity index (χ0v) is 46.4. The minimum absolute atomic E-state index is 0.443. The Bertz CT molecular complexity index is 1850. The lowest BCUT2D eigenvalue weighted by Gasteiger charge is -2.50. The molecule has 5 aliphatic rings. The molecule has 0 saturated carbocycles.